The highest BCUT2D eigenvalue weighted by atomic mass is 32.8. The van der Waals surface area contributed by atoms with E-state index in [1.54, 1.807) is 11.7 Å². The highest BCUT2D eigenvalue weighted by Crippen LogP contribution is 2.24. The normalized spacial score (nSPS) is 16.7. The Morgan fingerprint density at radius 1 is 0.895 bits per heavy atom. The second kappa shape index (κ2) is 5.47. The van der Waals surface area contributed by atoms with E-state index in [4.69, 9.17) is 11.2 Å². The molecule has 4 heteroatoms. The van der Waals surface area contributed by atoms with E-state index in [9.17, 15) is 0 Å². The van der Waals surface area contributed by atoms with Gasteiger partial charge in [-0.3, -0.25) is 4.99 Å². The van der Waals surface area contributed by atoms with E-state index in [1.807, 2.05) is 5.41 Å². The number of hydrogen-bond acceptors (Lipinski definition) is 2. The summed E-state index contributed by atoms with van der Waals surface area (Å²) in [5.74, 6) is 0. The summed E-state index contributed by atoms with van der Waals surface area (Å²) in [6.45, 7) is 0. The molecule has 94 valence electrons. The third-order valence-corrected chi connectivity index (χ3v) is 4.17. The molecular formula is C15H12N2S2. The van der Waals surface area contributed by atoms with Crippen molar-refractivity contribution < 1.29 is 0 Å². The van der Waals surface area contributed by atoms with Gasteiger partial charge in [-0.1, -0.05) is 45.9 Å². The molecule has 4 rings (SSSR count). The first-order valence-corrected chi connectivity index (χ1v) is 8.17. The quantitative estimate of drug-likeness (QED) is 0.666. The van der Waals surface area contributed by atoms with Crippen molar-refractivity contribution in [2.75, 3.05) is 0 Å². The maximum Gasteiger partial charge on any atom is 0.0681 e. The SMILES string of the molecule is S=S1C=CN=C1.c1ccc2c(c1)[nH]c1ccccc12. The molecule has 0 spiro atoms. The molecule has 1 atom stereocenters. The van der Waals surface area contributed by atoms with Gasteiger partial charge in [0.2, 0.25) is 0 Å². The van der Waals surface area contributed by atoms with Gasteiger partial charge < -0.3 is 4.98 Å². The van der Waals surface area contributed by atoms with Gasteiger partial charge >= 0.3 is 0 Å². The molecular weight excluding hydrogens is 272 g/mol. The van der Waals surface area contributed by atoms with Crippen molar-refractivity contribution in [1.82, 2.24) is 4.98 Å². The molecule has 0 bridgehead atoms. The predicted octanol–water partition coefficient (Wildman–Crippen LogP) is 3.90. The number of rotatable bonds is 0. The maximum absolute atomic E-state index is 4.79. The number of benzene rings is 2. The lowest BCUT2D eigenvalue weighted by molar-refractivity contribution is 1.55. The molecule has 0 fully saturated rings. The second-order valence-electron chi connectivity index (χ2n) is 4.08. The summed E-state index contributed by atoms with van der Waals surface area (Å²) in [6.07, 6.45) is 1.73. The summed E-state index contributed by atoms with van der Waals surface area (Å²) < 4.78 is 0. The minimum Gasteiger partial charge on any atom is -0.355 e. The Balaban J connectivity index is 0.000000155. The van der Waals surface area contributed by atoms with E-state index in [1.165, 1.54) is 21.8 Å². The fourth-order valence-electron chi connectivity index (χ4n) is 2.02. The van der Waals surface area contributed by atoms with Crippen molar-refractivity contribution in [1.29, 1.82) is 0 Å². The molecule has 2 aromatic carbocycles. The Labute approximate surface area is 118 Å². The first kappa shape index (κ1) is 12.3. The summed E-state index contributed by atoms with van der Waals surface area (Å²) in [7, 11) is -0.0617. The van der Waals surface area contributed by atoms with E-state index in [0.717, 1.165) is 0 Å². The average molecular weight is 284 g/mol. The fraction of sp³-hybridized carbons (Fsp3) is 0. The van der Waals surface area contributed by atoms with E-state index in [-0.39, 0.29) is 9.45 Å². The zero-order valence-electron chi connectivity index (χ0n) is 10.1. The van der Waals surface area contributed by atoms with Crippen LogP contribution in [-0.4, -0.2) is 10.5 Å². The minimum atomic E-state index is -0.0617. The number of hydrogen-bond donors (Lipinski definition) is 1. The van der Waals surface area contributed by atoms with Crippen LogP contribution in [0.2, 0.25) is 0 Å². The van der Waals surface area contributed by atoms with E-state index in [0.29, 0.717) is 0 Å². The standard InChI is InChI=1S/C12H9N.C3H3NS2/c1-3-7-11-9(5-1)10-6-2-4-8-12(10)13-11;5-6-2-1-4-3-6/h1-8,13H;1-3H. The Kier molecular flexibility index (Phi) is 3.53. The average Bonchev–Trinajstić information content (AvgIpc) is 3.06. The Morgan fingerprint density at radius 2 is 1.47 bits per heavy atom. The number of nitrogens with one attached hydrogen (secondary N) is 1. The van der Waals surface area contributed by atoms with Crippen LogP contribution in [0.4, 0.5) is 0 Å². The van der Waals surface area contributed by atoms with Crippen LogP contribution >= 0.6 is 0 Å². The lowest BCUT2D eigenvalue weighted by atomic mass is 10.2. The highest BCUT2D eigenvalue weighted by molar-refractivity contribution is 8.38. The van der Waals surface area contributed by atoms with Gasteiger partial charge in [-0.25, -0.2) is 0 Å². The van der Waals surface area contributed by atoms with Gasteiger partial charge in [-0.2, -0.15) is 0 Å². The molecule has 19 heavy (non-hydrogen) atoms. The molecule has 2 heterocycles. The number of aliphatic imine (C=N–C) groups is 1. The topological polar surface area (TPSA) is 28.1 Å². The number of para-hydroxylation sites is 2. The van der Waals surface area contributed by atoms with Crippen LogP contribution in [0.25, 0.3) is 21.8 Å². The first-order chi connectivity index (χ1) is 9.34. The van der Waals surface area contributed by atoms with E-state index >= 15 is 0 Å². The predicted molar refractivity (Wildman–Crippen MR) is 88.2 cm³/mol. The third kappa shape index (κ3) is 2.64. The summed E-state index contributed by atoms with van der Waals surface area (Å²) >= 11 is 4.79. The number of aromatic amines is 1. The molecule has 1 unspecified atom stereocenters. The maximum atomic E-state index is 4.79. The Bertz CT molecular complexity index is 736. The first-order valence-electron chi connectivity index (χ1n) is 5.89. The van der Waals surface area contributed by atoms with Gasteiger partial charge in [0.25, 0.3) is 0 Å². The smallest absolute Gasteiger partial charge is 0.0681 e. The van der Waals surface area contributed by atoms with Gasteiger partial charge in [0.05, 0.1) is 5.55 Å². The molecule has 0 saturated heterocycles. The number of aromatic nitrogens is 1. The Morgan fingerprint density at radius 3 is 1.89 bits per heavy atom. The summed E-state index contributed by atoms with van der Waals surface area (Å²) in [5.41, 5.74) is 4.18. The van der Waals surface area contributed by atoms with Crippen molar-refractivity contribution in [2.45, 2.75) is 0 Å². The number of H-pyrrole nitrogens is 1. The minimum absolute atomic E-state index is 0.0617. The van der Waals surface area contributed by atoms with Crippen LogP contribution in [0.15, 0.2) is 65.1 Å². The van der Waals surface area contributed by atoms with Crippen molar-refractivity contribution in [2.24, 2.45) is 4.99 Å². The molecule has 0 aliphatic carbocycles. The van der Waals surface area contributed by atoms with Crippen molar-refractivity contribution in [3.8, 4) is 0 Å². The largest absolute Gasteiger partial charge is 0.355 e. The van der Waals surface area contributed by atoms with Crippen molar-refractivity contribution in [3.63, 3.8) is 0 Å². The molecule has 1 aliphatic heterocycles. The van der Waals surface area contributed by atoms with Gasteiger partial charge in [-0.05, 0) is 28.7 Å². The third-order valence-electron chi connectivity index (χ3n) is 2.86. The van der Waals surface area contributed by atoms with Crippen LogP contribution in [0.1, 0.15) is 0 Å². The van der Waals surface area contributed by atoms with E-state index in [2.05, 4.69) is 58.5 Å². The lowest BCUT2D eigenvalue weighted by Gasteiger charge is -1.87. The van der Waals surface area contributed by atoms with Crippen LogP contribution < -0.4 is 0 Å². The second-order valence-corrected chi connectivity index (χ2v) is 6.38. The number of fused-ring (bicyclic) bond motifs is 3. The summed E-state index contributed by atoms with van der Waals surface area (Å²) in [5, 5.41) is 4.51. The summed E-state index contributed by atoms with van der Waals surface area (Å²) in [4.78, 5) is 7.14. The van der Waals surface area contributed by atoms with Crippen molar-refractivity contribution >= 4 is 48.0 Å². The van der Waals surface area contributed by atoms with Crippen LogP contribution in [0.5, 0.6) is 0 Å². The van der Waals surface area contributed by atoms with E-state index < -0.39 is 0 Å². The molecule has 1 aliphatic rings. The summed E-state index contributed by atoms with van der Waals surface area (Å²) in [6, 6.07) is 16.8. The van der Waals surface area contributed by atoms with Gasteiger partial charge in [0.15, 0.2) is 0 Å². The van der Waals surface area contributed by atoms with Crippen LogP contribution in [-0.2, 0) is 20.6 Å². The lowest BCUT2D eigenvalue weighted by Crippen LogP contribution is -1.70. The number of nitrogens with zero attached hydrogens (tertiary/aromatic N) is 1. The molecule has 2 nitrogen and oxygen atoms in total. The highest BCUT2D eigenvalue weighted by Gasteiger charge is 2.00. The van der Waals surface area contributed by atoms with Crippen molar-refractivity contribution in [3.05, 3.63) is 60.1 Å². The van der Waals surface area contributed by atoms with Gasteiger partial charge in [-0.15, -0.1) is 0 Å². The zero-order valence-corrected chi connectivity index (χ0v) is 11.7. The molecule has 3 aromatic rings. The molecule has 1 N–H and O–H groups in total. The Hall–Kier alpha value is -1.78. The zero-order chi connectivity index (χ0) is 13.1. The van der Waals surface area contributed by atoms with Crippen LogP contribution in [0, 0.1) is 0 Å². The van der Waals surface area contributed by atoms with Crippen LogP contribution in [0.3, 0.4) is 0 Å². The monoisotopic (exact) mass is 284 g/mol. The molecule has 0 saturated carbocycles. The molecule has 0 amide bonds. The fourth-order valence-corrected chi connectivity index (χ4v) is 2.77. The van der Waals surface area contributed by atoms with Gasteiger partial charge in [0.1, 0.15) is 0 Å². The molecule has 1 aromatic heterocycles. The molecule has 0 radical (unpaired) electrons. The van der Waals surface area contributed by atoms with Gasteiger partial charge in [0, 0.05) is 28.0 Å².